The molecule has 4 rings (SSSR count). The van der Waals surface area contributed by atoms with Gasteiger partial charge in [0.2, 0.25) is 0 Å². The van der Waals surface area contributed by atoms with Crippen LogP contribution in [0.5, 0.6) is 0 Å². The van der Waals surface area contributed by atoms with Crippen LogP contribution in [-0.4, -0.2) is 19.7 Å². The van der Waals surface area contributed by atoms with Crippen molar-refractivity contribution in [1.29, 1.82) is 0 Å². The molecule has 0 aliphatic heterocycles. The highest BCUT2D eigenvalue weighted by Gasteiger charge is 2.09. The van der Waals surface area contributed by atoms with Gasteiger partial charge in [-0.1, -0.05) is 24.3 Å². The molecule has 4 aromatic rings. The molecule has 0 unspecified atom stereocenters. The lowest BCUT2D eigenvalue weighted by Gasteiger charge is -2.08. The largest absolute Gasteiger partial charge is 0.339 e. The number of quaternary nitrogens is 1. The van der Waals surface area contributed by atoms with Crippen molar-refractivity contribution in [3.05, 3.63) is 84.4 Å². The minimum absolute atomic E-state index is 0.840. The molecule has 0 saturated carbocycles. The molecule has 1 aromatic carbocycles. The SMILES string of the molecule is c1cnc(-n2cccn2)c(C[NH2+]Cc2cccc3cccnc23)c1. The molecule has 0 saturated heterocycles. The van der Waals surface area contributed by atoms with E-state index in [4.69, 9.17) is 0 Å². The van der Waals surface area contributed by atoms with Crippen molar-refractivity contribution in [2.24, 2.45) is 0 Å². The lowest BCUT2D eigenvalue weighted by molar-refractivity contribution is -0.686. The lowest BCUT2D eigenvalue weighted by atomic mass is 10.1. The number of benzene rings is 1. The number of nitrogens with two attached hydrogens (primary N) is 1. The Bertz CT molecular complexity index is 942. The molecule has 0 atom stereocenters. The summed E-state index contributed by atoms with van der Waals surface area (Å²) in [7, 11) is 0. The van der Waals surface area contributed by atoms with Crippen LogP contribution in [0.2, 0.25) is 0 Å². The molecule has 0 aliphatic carbocycles. The zero-order valence-electron chi connectivity index (χ0n) is 13.2. The van der Waals surface area contributed by atoms with Gasteiger partial charge >= 0.3 is 0 Å². The van der Waals surface area contributed by atoms with Crippen molar-refractivity contribution in [2.75, 3.05) is 0 Å². The second-order valence-corrected chi connectivity index (χ2v) is 5.63. The van der Waals surface area contributed by atoms with Crippen LogP contribution >= 0.6 is 0 Å². The molecule has 0 fully saturated rings. The Morgan fingerprint density at radius 3 is 2.50 bits per heavy atom. The van der Waals surface area contributed by atoms with Gasteiger partial charge in [-0.05, 0) is 24.3 Å². The highest BCUT2D eigenvalue weighted by atomic mass is 15.3. The van der Waals surface area contributed by atoms with Gasteiger partial charge in [-0.15, -0.1) is 0 Å². The molecule has 0 amide bonds. The van der Waals surface area contributed by atoms with Crippen LogP contribution in [-0.2, 0) is 13.1 Å². The minimum Gasteiger partial charge on any atom is -0.339 e. The Morgan fingerprint density at radius 2 is 1.58 bits per heavy atom. The molecule has 2 N–H and O–H groups in total. The summed E-state index contributed by atoms with van der Waals surface area (Å²) >= 11 is 0. The van der Waals surface area contributed by atoms with Crippen molar-refractivity contribution in [3.63, 3.8) is 0 Å². The molecule has 0 spiro atoms. The Hall–Kier alpha value is -3.05. The summed E-state index contributed by atoms with van der Waals surface area (Å²) in [5.74, 6) is 0.884. The van der Waals surface area contributed by atoms with E-state index in [-0.39, 0.29) is 0 Å². The molecule has 3 heterocycles. The zero-order chi connectivity index (χ0) is 16.2. The molecular weight excluding hydrogens is 298 g/mol. The van der Waals surface area contributed by atoms with E-state index in [1.54, 1.807) is 12.4 Å². The van der Waals surface area contributed by atoms with Gasteiger partial charge in [0.1, 0.15) is 13.1 Å². The predicted molar refractivity (Wildman–Crippen MR) is 92.4 cm³/mol. The van der Waals surface area contributed by atoms with Crippen molar-refractivity contribution in [3.8, 4) is 5.82 Å². The Balaban J connectivity index is 1.52. The van der Waals surface area contributed by atoms with Crippen LogP contribution in [0.15, 0.2) is 73.3 Å². The molecule has 5 heteroatoms. The first-order valence-corrected chi connectivity index (χ1v) is 8.00. The molecule has 118 valence electrons. The fourth-order valence-corrected chi connectivity index (χ4v) is 2.91. The third-order valence-corrected chi connectivity index (χ3v) is 4.03. The van der Waals surface area contributed by atoms with E-state index in [0.717, 1.165) is 30.0 Å². The minimum atomic E-state index is 0.840. The summed E-state index contributed by atoms with van der Waals surface area (Å²) in [6.07, 6.45) is 7.34. The third kappa shape index (κ3) is 2.89. The molecule has 24 heavy (non-hydrogen) atoms. The zero-order valence-corrected chi connectivity index (χ0v) is 13.2. The van der Waals surface area contributed by atoms with E-state index in [9.17, 15) is 0 Å². The summed E-state index contributed by atoms with van der Waals surface area (Å²) in [6, 6.07) is 16.4. The maximum Gasteiger partial charge on any atom is 0.162 e. The highest BCUT2D eigenvalue weighted by Crippen LogP contribution is 2.15. The van der Waals surface area contributed by atoms with Crippen LogP contribution in [0.25, 0.3) is 16.7 Å². The maximum absolute atomic E-state index is 4.52. The fraction of sp³-hybridized carbons (Fsp3) is 0.105. The number of hydrogen-bond donors (Lipinski definition) is 1. The van der Waals surface area contributed by atoms with Gasteiger partial charge in [0.15, 0.2) is 5.82 Å². The van der Waals surface area contributed by atoms with E-state index in [1.165, 1.54) is 10.9 Å². The van der Waals surface area contributed by atoms with Gasteiger partial charge in [-0.3, -0.25) is 4.98 Å². The monoisotopic (exact) mass is 316 g/mol. The van der Waals surface area contributed by atoms with E-state index < -0.39 is 0 Å². The summed E-state index contributed by atoms with van der Waals surface area (Å²) in [4.78, 5) is 8.98. The summed E-state index contributed by atoms with van der Waals surface area (Å²) in [5, 5.41) is 7.74. The standard InChI is InChI=1S/C19H17N5/c1-5-15-7-2-9-21-18(15)16(6-1)13-20-14-17-8-3-10-22-19(17)24-12-4-11-23-24/h1-12,20H,13-14H2/p+1. The smallest absolute Gasteiger partial charge is 0.162 e. The Morgan fingerprint density at radius 1 is 0.792 bits per heavy atom. The van der Waals surface area contributed by atoms with Gasteiger partial charge in [-0.25, -0.2) is 9.67 Å². The molecule has 0 aliphatic rings. The Kier molecular flexibility index (Phi) is 4.00. The number of hydrogen-bond acceptors (Lipinski definition) is 3. The van der Waals surface area contributed by atoms with E-state index in [2.05, 4.69) is 50.7 Å². The van der Waals surface area contributed by atoms with E-state index in [1.807, 2.05) is 35.3 Å². The second kappa shape index (κ2) is 6.60. The van der Waals surface area contributed by atoms with Gasteiger partial charge in [0.25, 0.3) is 0 Å². The van der Waals surface area contributed by atoms with Crippen molar-refractivity contribution < 1.29 is 5.32 Å². The average molecular weight is 316 g/mol. The van der Waals surface area contributed by atoms with Crippen LogP contribution in [0.4, 0.5) is 0 Å². The first kappa shape index (κ1) is 14.5. The van der Waals surface area contributed by atoms with E-state index in [0.29, 0.717) is 0 Å². The normalized spacial score (nSPS) is 11.0. The van der Waals surface area contributed by atoms with Gasteiger partial charge in [0, 0.05) is 35.7 Å². The van der Waals surface area contributed by atoms with Crippen LogP contribution in [0, 0.1) is 0 Å². The lowest BCUT2D eigenvalue weighted by Crippen LogP contribution is -2.80. The maximum atomic E-state index is 4.52. The van der Waals surface area contributed by atoms with Crippen molar-refractivity contribution in [2.45, 2.75) is 13.1 Å². The number of aromatic nitrogens is 4. The number of rotatable bonds is 5. The van der Waals surface area contributed by atoms with Crippen LogP contribution in [0.3, 0.4) is 0 Å². The third-order valence-electron chi connectivity index (χ3n) is 4.03. The first-order chi connectivity index (χ1) is 11.9. The number of nitrogens with zero attached hydrogens (tertiary/aromatic N) is 4. The first-order valence-electron chi connectivity index (χ1n) is 8.00. The molecule has 0 bridgehead atoms. The topological polar surface area (TPSA) is 60.2 Å². The highest BCUT2D eigenvalue weighted by molar-refractivity contribution is 5.81. The fourth-order valence-electron chi connectivity index (χ4n) is 2.91. The summed E-state index contributed by atoms with van der Waals surface area (Å²) in [5.41, 5.74) is 3.49. The Labute approximate surface area is 140 Å². The molecule has 0 radical (unpaired) electrons. The van der Waals surface area contributed by atoms with Crippen LogP contribution in [0.1, 0.15) is 11.1 Å². The average Bonchev–Trinajstić information content (AvgIpc) is 3.17. The number of pyridine rings is 2. The second-order valence-electron chi connectivity index (χ2n) is 5.63. The van der Waals surface area contributed by atoms with Gasteiger partial charge in [0.05, 0.1) is 11.1 Å². The van der Waals surface area contributed by atoms with Crippen LogP contribution < -0.4 is 5.32 Å². The predicted octanol–water partition coefficient (Wildman–Crippen LogP) is 2.08. The molecule has 5 nitrogen and oxygen atoms in total. The number of fused-ring (bicyclic) bond motifs is 1. The van der Waals surface area contributed by atoms with Crippen molar-refractivity contribution in [1.82, 2.24) is 19.7 Å². The van der Waals surface area contributed by atoms with Crippen molar-refractivity contribution >= 4 is 10.9 Å². The van der Waals surface area contributed by atoms with Gasteiger partial charge in [-0.2, -0.15) is 5.10 Å². The molecule has 3 aromatic heterocycles. The van der Waals surface area contributed by atoms with Gasteiger partial charge < -0.3 is 5.32 Å². The number of para-hydroxylation sites is 1. The quantitative estimate of drug-likeness (QED) is 0.613. The summed E-state index contributed by atoms with van der Waals surface area (Å²) in [6.45, 7) is 1.72. The van der Waals surface area contributed by atoms with E-state index >= 15 is 0 Å². The summed E-state index contributed by atoms with van der Waals surface area (Å²) < 4.78 is 1.81. The molecular formula is C19H18N5+.